The van der Waals surface area contributed by atoms with E-state index in [0.717, 1.165) is 25.8 Å². The molecule has 4 atom stereocenters. The molecule has 1 saturated heterocycles. The maximum Gasteiger partial charge on any atom is 0.323 e. The molecule has 0 radical (unpaired) electrons. The Kier molecular flexibility index (Phi) is 9.23. The van der Waals surface area contributed by atoms with Crippen LogP contribution in [0.3, 0.4) is 0 Å². The second kappa shape index (κ2) is 11.9. The number of carbonyl (C=O) groups is 1. The molecule has 31 heavy (non-hydrogen) atoms. The quantitative estimate of drug-likeness (QED) is 0.477. The standard InChI is InChI=1S/C23H40FN5O2/c1-3-5-7-17(8-6-4-2)16-31-22(30)20-13-19-14-23(24,11-9-18(19)15-25-20)12-10-21-26-28-29-27-21/h17-20,25H,3-16H2,1-2H3,(H,26,27,28,29)/t18-,19-,20-,23-/m0/s1. The molecule has 2 heterocycles. The maximum atomic E-state index is 15.5. The highest BCUT2D eigenvalue weighted by Crippen LogP contribution is 2.44. The Morgan fingerprint density at radius 3 is 2.71 bits per heavy atom. The molecule has 2 N–H and O–H groups in total. The minimum atomic E-state index is -1.21. The molecule has 7 nitrogen and oxygen atoms in total. The van der Waals surface area contributed by atoms with Crippen molar-refractivity contribution < 1.29 is 13.9 Å². The number of unbranched alkanes of at least 4 members (excludes halogenated alkanes) is 2. The summed E-state index contributed by atoms with van der Waals surface area (Å²) in [6, 6.07) is -0.307. The van der Waals surface area contributed by atoms with E-state index in [1.807, 2.05) is 0 Å². The van der Waals surface area contributed by atoms with Crippen LogP contribution in [0.2, 0.25) is 0 Å². The van der Waals surface area contributed by atoms with E-state index >= 15 is 4.39 Å². The van der Waals surface area contributed by atoms with Crippen LogP contribution in [0.25, 0.3) is 0 Å². The number of tetrazole rings is 1. The molecule has 3 rings (SSSR count). The number of aromatic amines is 1. The number of alkyl halides is 1. The number of hydrogen-bond donors (Lipinski definition) is 2. The number of aromatic nitrogens is 4. The number of ether oxygens (including phenoxy) is 1. The van der Waals surface area contributed by atoms with E-state index < -0.39 is 5.67 Å². The van der Waals surface area contributed by atoms with Gasteiger partial charge in [-0.05, 0) is 69.2 Å². The zero-order chi connectivity index (χ0) is 22.1. The summed E-state index contributed by atoms with van der Waals surface area (Å²) < 4.78 is 21.3. The Labute approximate surface area is 185 Å². The highest BCUT2D eigenvalue weighted by Gasteiger charge is 2.44. The third kappa shape index (κ3) is 7.22. The molecule has 0 spiro atoms. The summed E-state index contributed by atoms with van der Waals surface area (Å²) >= 11 is 0. The fourth-order valence-electron chi connectivity index (χ4n) is 5.27. The van der Waals surface area contributed by atoms with Crippen LogP contribution in [0, 0.1) is 17.8 Å². The first-order chi connectivity index (χ1) is 15.0. The number of hydrogen-bond acceptors (Lipinski definition) is 6. The molecule has 1 saturated carbocycles. The highest BCUT2D eigenvalue weighted by molar-refractivity contribution is 5.76. The van der Waals surface area contributed by atoms with Crippen LogP contribution in [-0.4, -0.2) is 51.5 Å². The Hall–Kier alpha value is -1.57. The van der Waals surface area contributed by atoms with Gasteiger partial charge in [-0.25, -0.2) is 4.39 Å². The molecular formula is C23H40FN5O2. The van der Waals surface area contributed by atoms with Gasteiger partial charge < -0.3 is 10.1 Å². The first-order valence-corrected chi connectivity index (χ1v) is 12.3. The van der Waals surface area contributed by atoms with E-state index in [9.17, 15) is 4.79 Å². The van der Waals surface area contributed by atoms with E-state index in [1.54, 1.807) is 0 Å². The van der Waals surface area contributed by atoms with Crippen molar-refractivity contribution in [2.45, 2.75) is 103 Å². The number of fused-ring (bicyclic) bond motifs is 1. The van der Waals surface area contributed by atoms with E-state index in [-0.39, 0.29) is 17.9 Å². The molecule has 176 valence electrons. The van der Waals surface area contributed by atoms with E-state index in [2.05, 4.69) is 39.8 Å². The lowest BCUT2D eigenvalue weighted by Crippen LogP contribution is -2.52. The summed E-state index contributed by atoms with van der Waals surface area (Å²) in [5.74, 6) is 1.53. The number of rotatable bonds is 12. The molecular weight excluding hydrogens is 397 g/mol. The van der Waals surface area contributed by atoms with Gasteiger partial charge in [0, 0.05) is 6.42 Å². The van der Waals surface area contributed by atoms with Crippen LogP contribution in [-0.2, 0) is 16.0 Å². The van der Waals surface area contributed by atoms with Gasteiger partial charge in [0.25, 0.3) is 0 Å². The normalized spacial score (nSPS) is 28.5. The second-order valence-electron chi connectivity index (χ2n) is 9.72. The summed E-state index contributed by atoms with van der Waals surface area (Å²) in [5, 5.41) is 17.2. The Morgan fingerprint density at radius 2 is 2.03 bits per heavy atom. The fourth-order valence-corrected chi connectivity index (χ4v) is 5.27. The topological polar surface area (TPSA) is 92.8 Å². The van der Waals surface area contributed by atoms with Crippen molar-refractivity contribution >= 4 is 5.97 Å². The van der Waals surface area contributed by atoms with Gasteiger partial charge in [0.15, 0.2) is 5.82 Å². The predicted octanol–water partition coefficient (Wildman–Crippen LogP) is 4.16. The number of nitrogens with zero attached hydrogens (tertiary/aromatic N) is 3. The van der Waals surface area contributed by atoms with Crippen LogP contribution in [0.4, 0.5) is 4.39 Å². The van der Waals surface area contributed by atoms with Crippen LogP contribution >= 0.6 is 0 Å². The van der Waals surface area contributed by atoms with Crippen molar-refractivity contribution in [1.82, 2.24) is 25.9 Å². The third-order valence-electron chi connectivity index (χ3n) is 7.29. The minimum Gasteiger partial charge on any atom is -0.464 e. The van der Waals surface area contributed by atoms with E-state index in [4.69, 9.17) is 4.74 Å². The van der Waals surface area contributed by atoms with Crippen molar-refractivity contribution in [3.8, 4) is 0 Å². The number of halogens is 1. The highest BCUT2D eigenvalue weighted by atomic mass is 19.1. The minimum absolute atomic E-state index is 0.154. The van der Waals surface area contributed by atoms with Gasteiger partial charge in [-0.2, -0.15) is 5.21 Å². The monoisotopic (exact) mass is 437 g/mol. The van der Waals surface area contributed by atoms with Crippen molar-refractivity contribution in [3.63, 3.8) is 0 Å². The van der Waals surface area contributed by atoms with Crippen LogP contribution < -0.4 is 5.32 Å². The largest absolute Gasteiger partial charge is 0.464 e. The number of piperidine rings is 1. The Balaban J connectivity index is 1.47. The van der Waals surface area contributed by atoms with Crippen molar-refractivity contribution in [3.05, 3.63) is 5.82 Å². The molecule has 0 aromatic carbocycles. The van der Waals surface area contributed by atoms with Crippen molar-refractivity contribution in [2.24, 2.45) is 17.8 Å². The molecule has 0 bridgehead atoms. The van der Waals surface area contributed by atoms with Gasteiger partial charge in [0.2, 0.25) is 0 Å². The fraction of sp³-hybridized carbons (Fsp3) is 0.913. The van der Waals surface area contributed by atoms with Gasteiger partial charge in [0.1, 0.15) is 11.7 Å². The SMILES string of the molecule is CCCCC(CCCC)COC(=O)[C@@H]1C[C@H]2C[C@@](F)(CCc3nn[nH]n3)CC[C@H]2CN1. The predicted molar refractivity (Wildman–Crippen MR) is 117 cm³/mol. The Bertz CT molecular complexity index is 650. The second-order valence-corrected chi connectivity index (χ2v) is 9.72. The number of nitrogens with one attached hydrogen (secondary N) is 2. The van der Waals surface area contributed by atoms with Gasteiger partial charge in [-0.1, -0.05) is 44.7 Å². The lowest BCUT2D eigenvalue weighted by Gasteiger charge is -2.44. The zero-order valence-corrected chi connectivity index (χ0v) is 19.2. The third-order valence-corrected chi connectivity index (χ3v) is 7.29. The molecule has 1 aromatic rings. The summed E-state index contributed by atoms with van der Waals surface area (Å²) in [4.78, 5) is 12.8. The molecule has 1 aliphatic carbocycles. The smallest absolute Gasteiger partial charge is 0.323 e. The number of aryl methyl sites for hydroxylation is 1. The summed E-state index contributed by atoms with van der Waals surface area (Å²) in [6.45, 7) is 5.69. The van der Waals surface area contributed by atoms with Crippen molar-refractivity contribution in [2.75, 3.05) is 13.2 Å². The summed E-state index contributed by atoms with van der Waals surface area (Å²) in [6.07, 6.45) is 10.5. The van der Waals surface area contributed by atoms with Crippen LogP contribution in [0.1, 0.15) is 90.3 Å². The molecule has 0 unspecified atom stereocenters. The lowest BCUT2D eigenvalue weighted by atomic mass is 9.67. The zero-order valence-electron chi connectivity index (χ0n) is 19.2. The molecule has 2 aliphatic rings. The maximum absolute atomic E-state index is 15.5. The first-order valence-electron chi connectivity index (χ1n) is 12.3. The molecule has 1 aliphatic heterocycles. The molecule has 0 amide bonds. The van der Waals surface area contributed by atoms with E-state index in [0.29, 0.717) is 56.4 Å². The van der Waals surface area contributed by atoms with Crippen LogP contribution in [0.15, 0.2) is 0 Å². The lowest BCUT2D eigenvalue weighted by molar-refractivity contribution is -0.150. The molecule has 2 fully saturated rings. The summed E-state index contributed by atoms with van der Waals surface area (Å²) in [5.41, 5.74) is -1.21. The van der Waals surface area contributed by atoms with Gasteiger partial charge in [0.05, 0.1) is 6.61 Å². The molecule has 1 aromatic heterocycles. The summed E-state index contributed by atoms with van der Waals surface area (Å²) in [7, 11) is 0. The average Bonchev–Trinajstić information content (AvgIpc) is 3.30. The van der Waals surface area contributed by atoms with E-state index in [1.165, 1.54) is 25.7 Å². The van der Waals surface area contributed by atoms with Gasteiger partial charge >= 0.3 is 5.97 Å². The number of H-pyrrole nitrogens is 1. The Morgan fingerprint density at radius 1 is 1.26 bits per heavy atom. The van der Waals surface area contributed by atoms with Crippen LogP contribution in [0.5, 0.6) is 0 Å². The average molecular weight is 438 g/mol. The van der Waals surface area contributed by atoms with Crippen molar-refractivity contribution in [1.29, 1.82) is 0 Å². The first kappa shape index (κ1) is 24.1. The molecule has 8 heteroatoms. The number of carbonyl (C=O) groups excluding carboxylic acids is 1. The number of esters is 1. The van der Waals surface area contributed by atoms with Gasteiger partial charge in [-0.15, -0.1) is 10.2 Å². The van der Waals surface area contributed by atoms with Gasteiger partial charge in [-0.3, -0.25) is 4.79 Å².